The Labute approximate surface area is 121 Å². The molecule has 0 aromatic carbocycles. The van der Waals surface area contributed by atoms with Crippen LogP contribution >= 0.6 is 11.6 Å². The average molecular weight is 320 g/mol. The topological polar surface area (TPSA) is 96.7 Å². The Morgan fingerprint density at radius 3 is 2.62 bits per heavy atom. The van der Waals surface area contributed by atoms with Gasteiger partial charge in [-0.25, -0.2) is 4.98 Å². The van der Waals surface area contributed by atoms with Gasteiger partial charge in [-0.15, -0.1) is 0 Å². The first-order chi connectivity index (χ1) is 9.68. The lowest BCUT2D eigenvalue weighted by Crippen LogP contribution is -2.14. The van der Waals surface area contributed by atoms with Crippen LogP contribution in [0.15, 0.2) is 12.1 Å². The fourth-order valence-corrected chi connectivity index (χ4v) is 1.84. The number of aromatic nitrogens is 3. The van der Waals surface area contributed by atoms with Crippen molar-refractivity contribution in [1.82, 2.24) is 15.2 Å². The van der Waals surface area contributed by atoms with Gasteiger partial charge < -0.3 is 11.1 Å². The monoisotopic (exact) mass is 319 g/mol. The van der Waals surface area contributed by atoms with Crippen molar-refractivity contribution in [2.24, 2.45) is 0 Å². The number of halogens is 4. The summed E-state index contributed by atoms with van der Waals surface area (Å²) in [6.45, 7) is 1.19. The van der Waals surface area contributed by atoms with Crippen LogP contribution in [0, 0.1) is 6.92 Å². The third-order valence-electron chi connectivity index (χ3n) is 2.60. The van der Waals surface area contributed by atoms with Crippen molar-refractivity contribution in [3.63, 3.8) is 0 Å². The second kappa shape index (κ2) is 5.24. The van der Waals surface area contributed by atoms with Gasteiger partial charge in [-0.05, 0) is 19.1 Å². The van der Waals surface area contributed by atoms with E-state index in [1.54, 1.807) is 0 Å². The number of rotatable bonds is 2. The third-order valence-corrected chi connectivity index (χ3v) is 2.79. The van der Waals surface area contributed by atoms with E-state index in [1.165, 1.54) is 19.1 Å². The molecule has 0 saturated carbocycles. The minimum Gasteiger partial charge on any atom is -0.384 e. The largest absolute Gasteiger partial charge is 0.433 e. The zero-order valence-electron chi connectivity index (χ0n) is 10.5. The number of hydrogen-bond acceptors (Lipinski definition) is 4. The van der Waals surface area contributed by atoms with Crippen molar-refractivity contribution in [3.05, 3.63) is 34.1 Å². The summed E-state index contributed by atoms with van der Waals surface area (Å²) in [5.41, 5.74) is 4.25. The number of alkyl halides is 3. The Kier molecular flexibility index (Phi) is 3.77. The molecule has 10 heteroatoms. The summed E-state index contributed by atoms with van der Waals surface area (Å²) < 4.78 is 37.8. The highest BCUT2D eigenvalue weighted by Crippen LogP contribution is 2.32. The van der Waals surface area contributed by atoms with E-state index < -0.39 is 17.8 Å². The minimum atomic E-state index is -4.58. The second-order valence-corrected chi connectivity index (χ2v) is 4.51. The van der Waals surface area contributed by atoms with Crippen molar-refractivity contribution in [1.29, 1.82) is 0 Å². The smallest absolute Gasteiger partial charge is 0.384 e. The molecule has 21 heavy (non-hydrogen) atoms. The molecule has 4 N–H and O–H groups in total. The fourth-order valence-electron chi connectivity index (χ4n) is 1.62. The Balaban J connectivity index is 2.26. The first-order valence-corrected chi connectivity index (χ1v) is 5.93. The standard InChI is InChI=1S/C11H9ClF3N5O/c1-4-8(11(13,14)15)19-20-9(4)18-10(21)5-2-6(12)17-7(16)3-5/h2-3H,1H3,(H2,16,17)(H2,18,19,20,21). The van der Waals surface area contributed by atoms with Crippen LogP contribution in [0.2, 0.25) is 5.15 Å². The quantitative estimate of drug-likeness (QED) is 0.741. The summed E-state index contributed by atoms with van der Waals surface area (Å²) in [5.74, 6) is -0.907. The highest BCUT2D eigenvalue weighted by atomic mass is 35.5. The molecule has 0 radical (unpaired) electrons. The van der Waals surface area contributed by atoms with Crippen LogP contribution in [0.5, 0.6) is 0 Å². The number of amides is 1. The number of nitrogens with one attached hydrogen (secondary N) is 2. The maximum atomic E-state index is 12.6. The molecule has 0 saturated heterocycles. The highest BCUT2D eigenvalue weighted by Gasteiger charge is 2.36. The van der Waals surface area contributed by atoms with Crippen LogP contribution in [0.4, 0.5) is 24.8 Å². The molecule has 0 fully saturated rings. The first kappa shape index (κ1) is 15.1. The van der Waals surface area contributed by atoms with Gasteiger partial charge in [-0.2, -0.15) is 18.3 Å². The molecule has 0 atom stereocenters. The molecular formula is C11H9ClF3N5O. The van der Waals surface area contributed by atoms with Gasteiger partial charge in [0.1, 0.15) is 16.7 Å². The number of carbonyl (C=O) groups excluding carboxylic acids is 1. The molecule has 0 bridgehead atoms. The zero-order valence-corrected chi connectivity index (χ0v) is 11.3. The van der Waals surface area contributed by atoms with Gasteiger partial charge in [0, 0.05) is 11.1 Å². The van der Waals surface area contributed by atoms with Crippen molar-refractivity contribution < 1.29 is 18.0 Å². The van der Waals surface area contributed by atoms with Crippen LogP contribution in [0.1, 0.15) is 21.6 Å². The van der Waals surface area contributed by atoms with E-state index in [-0.39, 0.29) is 27.9 Å². The first-order valence-electron chi connectivity index (χ1n) is 5.55. The summed E-state index contributed by atoms with van der Waals surface area (Å²) in [5, 5.41) is 7.52. The lowest BCUT2D eigenvalue weighted by atomic mass is 10.2. The fraction of sp³-hybridized carbons (Fsp3) is 0.182. The summed E-state index contributed by atoms with van der Waals surface area (Å²) >= 11 is 5.65. The number of nitrogen functional groups attached to an aromatic ring is 1. The zero-order chi connectivity index (χ0) is 15.8. The molecule has 0 spiro atoms. The van der Waals surface area contributed by atoms with Crippen LogP contribution in [0.25, 0.3) is 0 Å². The predicted octanol–water partition coefficient (Wildman–Crippen LogP) is 2.62. The molecule has 1 amide bonds. The molecule has 2 aromatic heterocycles. The van der Waals surface area contributed by atoms with Gasteiger partial charge in [0.25, 0.3) is 5.91 Å². The van der Waals surface area contributed by atoms with E-state index in [4.69, 9.17) is 17.3 Å². The lowest BCUT2D eigenvalue weighted by molar-refractivity contribution is -0.141. The Bertz CT molecular complexity index is 677. The van der Waals surface area contributed by atoms with Crippen LogP contribution in [0.3, 0.4) is 0 Å². The number of H-pyrrole nitrogens is 1. The molecule has 0 aliphatic rings. The number of hydrogen-bond donors (Lipinski definition) is 3. The summed E-state index contributed by atoms with van der Waals surface area (Å²) in [6.07, 6.45) is -4.58. The molecule has 0 unspecified atom stereocenters. The molecule has 6 nitrogen and oxygen atoms in total. The summed E-state index contributed by atoms with van der Waals surface area (Å²) in [4.78, 5) is 15.6. The van der Waals surface area contributed by atoms with E-state index in [1.807, 2.05) is 5.10 Å². The maximum absolute atomic E-state index is 12.6. The second-order valence-electron chi connectivity index (χ2n) is 4.13. The van der Waals surface area contributed by atoms with Crippen molar-refractivity contribution >= 4 is 29.1 Å². The van der Waals surface area contributed by atoms with E-state index in [9.17, 15) is 18.0 Å². The molecule has 2 aromatic rings. The summed E-state index contributed by atoms with van der Waals surface area (Å²) in [6, 6.07) is 2.48. The van der Waals surface area contributed by atoms with Gasteiger partial charge in [-0.1, -0.05) is 11.6 Å². The lowest BCUT2D eigenvalue weighted by Gasteiger charge is -2.06. The van der Waals surface area contributed by atoms with Gasteiger partial charge in [0.2, 0.25) is 0 Å². The third kappa shape index (κ3) is 3.24. The number of anilines is 2. The SMILES string of the molecule is Cc1c(NC(=O)c2cc(N)nc(Cl)c2)n[nH]c1C(F)(F)F. The van der Waals surface area contributed by atoms with E-state index in [0.29, 0.717) is 0 Å². The highest BCUT2D eigenvalue weighted by molar-refractivity contribution is 6.30. The molecule has 0 aliphatic carbocycles. The Morgan fingerprint density at radius 1 is 1.43 bits per heavy atom. The normalized spacial score (nSPS) is 11.5. The molecule has 112 valence electrons. The van der Waals surface area contributed by atoms with E-state index in [2.05, 4.69) is 15.4 Å². The van der Waals surface area contributed by atoms with E-state index in [0.717, 1.165) is 0 Å². The summed E-state index contributed by atoms with van der Waals surface area (Å²) in [7, 11) is 0. The van der Waals surface area contributed by atoms with Crippen molar-refractivity contribution in [3.8, 4) is 0 Å². The Morgan fingerprint density at radius 2 is 2.10 bits per heavy atom. The average Bonchev–Trinajstić information content (AvgIpc) is 2.69. The van der Waals surface area contributed by atoms with Gasteiger partial charge in [0.05, 0.1) is 0 Å². The van der Waals surface area contributed by atoms with Gasteiger partial charge in [0.15, 0.2) is 5.82 Å². The van der Waals surface area contributed by atoms with E-state index >= 15 is 0 Å². The number of carbonyl (C=O) groups is 1. The molecular weight excluding hydrogens is 311 g/mol. The minimum absolute atomic E-state index is 0.00474. The molecule has 0 aliphatic heterocycles. The van der Waals surface area contributed by atoms with Gasteiger partial charge in [-0.3, -0.25) is 9.89 Å². The number of pyridine rings is 1. The predicted molar refractivity (Wildman–Crippen MR) is 69.9 cm³/mol. The van der Waals surface area contributed by atoms with Crippen molar-refractivity contribution in [2.75, 3.05) is 11.1 Å². The van der Waals surface area contributed by atoms with Crippen LogP contribution in [-0.4, -0.2) is 21.1 Å². The van der Waals surface area contributed by atoms with Crippen molar-refractivity contribution in [2.45, 2.75) is 13.1 Å². The van der Waals surface area contributed by atoms with Crippen LogP contribution < -0.4 is 11.1 Å². The number of nitrogens with zero attached hydrogens (tertiary/aromatic N) is 2. The number of nitrogens with two attached hydrogens (primary N) is 1. The Hall–Kier alpha value is -2.29. The number of aromatic amines is 1. The molecule has 2 heterocycles. The van der Waals surface area contributed by atoms with Crippen LogP contribution in [-0.2, 0) is 6.18 Å². The van der Waals surface area contributed by atoms with Gasteiger partial charge >= 0.3 is 6.18 Å². The maximum Gasteiger partial charge on any atom is 0.433 e. The molecule has 2 rings (SSSR count).